The molecular weight excluding hydrogens is 403 g/mol. The molecule has 0 bridgehead atoms. The molecule has 0 atom stereocenters. The van der Waals surface area contributed by atoms with E-state index in [1.165, 1.54) is 97.7 Å². The molecular formula is C31H35P. The van der Waals surface area contributed by atoms with Crippen LogP contribution in [0.15, 0.2) is 72.1 Å². The molecule has 2 fully saturated rings. The second kappa shape index (κ2) is 9.15. The zero-order chi connectivity index (χ0) is 21.3. The van der Waals surface area contributed by atoms with Gasteiger partial charge in [0.15, 0.2) is 0 Å². The topological polar surface area (TPSA) is 0 Å². The predicted molar refractivity (Wildman–Crippen MR) is 143 cm³/mol. The number of fused-ring (bicyclic) bond motifs is 3. The normalized spacial score (nSPS) is 20.8. The first kappa shape index (κ1) is 20.7. The highest BCUT2D eigenvalue weighted by atomic mass is 31.1. The summed E-state index contributed by atoms with van der Waals surface area (Å²) in [6, 6.07) is 20.6. The summed E-state index contributed by atoms with van der Waals surface area (Å²) in [7, 11) is -0.0425. The molecule has 1 heteroatoms. The van der Waals surface area contributed by atoms with Crippen molar-refractivity contribution < 1.29 is 0 Å². The van der Waals surface area contributed by atoms with E-state index in [2.05, 4.69) is 66.7 Å². The van der Waals surface area contributed by atoms with Crippen LogP contribution in [0, 0.1) is 0 Å². The van der Waals surface area contributed by atoms with Crippen LogP contribution in [-0.4, -0.2) is 11.3 Å². The Kier molecular flexibility index (Phi) is 5.91. The van der Waals surface area contributed by atoms with E-state index >= 15 is 0 Å². The van der Waals surface area contributed by atoms with Gasteiger partial charge in [-0.05, 0) is 87.5 Å². The maximum absolute atomic E-state index is 2.50. The predicted octanol–water partition coefficient (Wildman–Crippen LogP) is 9.81. The van der Waals surface area contributed by atoms with Crippen LogP contribution in [0.25, 0.3) is 27.1 Å². The van der Waals surface area contributed by atoms with Gasteiger partial charge in [0.2, 0.25) is 0 Å². The van der Waals surface area contributed by atoms with Crippen molar-refractivity contribution in [3.8, 4) is 0 Å². The van der Waals surface area contributed by atoms with E-state index in [9.17, 15) is 0 Å². The number of allylic oxidation sites excluding steroid dienone is 4. The van der Waals surface area contributed by atoms with Gasteiger partial charge in [-0.25, -0.2) is 0 Å². The minimum atomic E-state index is -0.0425. The molecule has 0 radical (unpaired) electrons. The van der Waals surface area contributed by atoms with Crippen LogP contribution in [0.2, 0.25) is 0 Å². The van der Waals surface area contributed by atoms with E-state index in [0.717, 1.165) is 11.3 Å². The first-order valence-corrected chi connectivity index (χ1v) is 14.5. The summed E-state index contributed by atoms with van der Waals surface area (Å²) in [5.74, 6) is 0. The second-order valence-corrected chi connectivity index (χ2v) is 13.0. The first-order valence-electron chi connectivity index (χ1n) is 13.0. The Morgan fingerprint density at radius 2 is 1.22 bits per heavy atom. The number of hydrogen-bond donors (Lipinski definition) is 0. The Morgan fingerprint density at radius 3 is 1.91 bits per heavy atom. The van der Waals surface area contributed by atoms with Gasteiger partial charge in [-0.15, -0.1) is 0 Å². The maximum Gasteiger partial charge on any atom is -0.00833 e. The van der Waals surface area contributed by atoms with Crippen LogP contribution < -0.4 is 0 Å². The van der Waals surface area contributed by atoms with Crippen LogP contribution in [0.3, 0.4) is 0 Å². The Bertz CT molecular complexity index is 1150. The summed E-state index contributed by atoms with van der Waals surface area (Å²) in [6.45, 7) is 0. The zero-order valence-corrected chi connectivity index (χ0v) is 20.1. The fraction of sp³-hybridized carbons (Fsp3) is 0.419. The quantitative estimate of drug-likeness (QED) is 0.281. The van der Waals surface area contributed by atoms with Crippen molar-refractivity contribution in [2.75, 3.05) is 0 Å². The van der Waals surface area contributed by atoms with Crippen LogP contribution in [0.5, 0.6) is 0 Å². The van der Waals surface area contributed by atoms with E-state index in [4.69, 9.17) is 0 Å². The molecule has 3 aromatic rings. The van der Waals surface area contributed by atoms with Crippen LogP contribution >= 0.6 is 7.92 Å². The lowest BCUT2D eigenvalue weighted by molar-refractivity contribution is 0.486. The summed E-state index contributed by atoms with van der Waals surface area (Å²) in [5.41, 5.74) is 5.02. The zero-order valence-electron chi connectivity index (χ0n) is 19.2. The van der Waals surface area contributed by atoms with Gasteiger partial charge in [0.05, 0.1) is 0 Å². The van der Waals surface area contributed by atoms with Crippen molar-refractivity contribution in [2.24, 2.45) is 0 Å². The number of benzene rings is 3. The van der Waals surface area contributed by atoms with E-state index in [0.29, 0.717) is 0 Å². The molecule has 32 heavy (non-hydrogen) atoms. The Labute approximate surface area is 194 Å². The van der Waals surface area contributed by atoms with Gasteiger partial charge in [-0.1, -0.05) is 107 Å². The first-order chi connectivity index (χ1) is 15.9. The molecule has 0 N–H and O–H groups in total. The van der Waals surface area contributed by atoms with Crippen molar-refractivity contribution in [3.05, 3.63) is 77.6 Å². The van der Waals surface area contributed by atoms with Gasteiger partial charge in [-0.3, -0.25) is 0 Å². The molecule has 0 spiro atoms. The third-order valence-corrected chi connectivity index (χ3v) is 11.9. The number of rotatable bonds is 4. The molecule has 0 heterocycles. The van der Waals surface area contributed by atoms with Crippen molar-refractivity contribution in [3.63, 3.8) is 0 Å². The summed E-state index contributed by atoms with van der Waals surface area (Å²) in [4.78, 5) is 0. The van der Waals surface area contributed by atoms with Gasteiger partial charge in [0.1, 0.15) is 0 Å². The molecule has 6 rings (SSSR count). The smallest absolute Gasteiger partial charge is 0.00833 e. The Balaban J connectivity index is 1.53. The van der Waals surface area contributed by atoms with Crippen molar-refractivity contribution in [1.82, 2.24) is 0 Å². The molecule has 3 aliphatic rings. The molecule has 164 valence electrons. The third-order valence-electron chi connectivity index (χ3n) is 8.21. The van der Waals surface area contributed by atoms with Gasteiger partial charge < -0.3 is 0 Å². The fourth-order valence-corrected chi connectivity index (χ4v) is 10.8. The minimum absolute atomic E-state index is 0.0425. The van der Waals surface area contributed by atoms with E-state index in [-0.39, 0.29) is 7.92 Å². The maximum atomic E-state index is 2.50. The molecule has 0 aromatic heterocycles. The summed E-state index contributed by atoms with van der Waals surface area (Å²) >= 11 is 0. The van der Waals surface area contributed by atoms with Gasteiger partial charge in [0.25, 0.3) is 0 Å². The number of hydrogen-bond acceptors (Lipinski definition) is 0. The monoisotopic (exact) mass is 438 g/mol. The van der Waals surface area contributed by atoms with Gasteiger partial charge in [-0.2, -0.15) is 0 Å². The van der Waals surface area contributed by atoms with Crippen LogP contribution in [0.4, 0.5) is 0 Å². The van der Waals surface area contributed by atoms with Crippen molar-refractivity contribution in [2.45, 2.75) is 81.9 Å². The molecule has 3 aliphatic carbocycles. The molecule has 2 saturated carbocycles. The van der Waals surface area contributed by atoms with Crippen LogP contribution in [0.1, 0.15) is 76.2 Å². The lowest BCUT2D eigenvalue weighted by atomic mass is 9.93. The van der Waals surface area contributed by atoms with E-state index in [1.807, 2.05) is 5.31 Å². The van der Waals surface area contributed by atoms with Crippen molar-refractivity contribution in [1.29, 1.82) is 0 Å². The Hall–Kier alpha value is -1.91. The van der Waals surface area contributed by atoms with Gasteiger partial charge in [0, 0.05) is 0 Å². The lowest BCUT2D eigenvalue weighted by Gasteiger charge is -2.40. The molecule has 0 saturated heterocycles. The minimum Gasteiger partial charge on any atom is -0.0794 e. The lowest BCUT2D eigenvalue weighted by Crippen LogP contribution is -2.21. The average molecular weight is 439 g/mol. The largest absolute Gasteiger partial charge is 0.0794 e. The molecule has 3 aromatic carbocycles. The average Bonchev–Trinajstić information content (AvgIpc) is 3.34. The Morgan fingerprint density at radius 1 is 0.625 bits per heavy atom. The molecule has 0 amide bonds. The van der Waals surface area contributed by atoms with E-state index < -0.39 is 0 Å². The highest BCUT2D eigenvalue weighted by molar-refractivity contribution is 7.63. The second-order valence-electron chi connectivity index (χ2n) is 10.1. The highest BCUT2D eigenvalue weighted by Crippen LogP contribution is 2.64. The highest BCUT2D eigenvalue weighted by Gasteiger charge is 2.35. The third kappa shape index (κ3) is 3.76. The summed E-state index contributed by atoms with van der Waals surface area (Å²) in [6.07, 6.45) is 20.9. The van der Waals surface area contributed by atoms with E-state index in [1.54, 1.807) is 5.57 Å². The summed E-state index contributed by atoms with van der Waals surface area (Å²) in [5, 5.41) is 7.46. The summed E-state index contributed by atoms with van der Waals surface area (Å²) < 4.78 is 0. The van der Waals surface area contributed by atoms with Crippen molar-refractivity contribution >= 4 is 35.0 Å². The molecule has 0 unspecified atom stereocenters. The fourth-order valence-electron chi connectivity index (χ4n) is 6.72. The van der Waals surface area contributed by atoms with Crippen LogP contribution in [-0.2, 0) is 0 Å². The standard InChI is InChI=1S/C31H35P/c1-3-13-24(14-4-1)32(25-15-5-2-6-16-25)31-21-11-20-29(31)30-22-23-12-7-8-17-26(23)27-18-9-10-19-28(27)30/h7-12,17-20,22,24-25H,1-6,13-16,21H2. The molecule has 0 nitrogen and oxygen atoms in total. The molecule has 0 aliphatic heterocycles. The van der Waals surface area contributed by atoms with Gasteiger partial charge >= 0.3 is 0 Å². The SMILES string of the molecule is C1=CC(c2cc3ccccc3c3ccccc23)=C(P(C2CCCCC2)C2CCCCC2)C1.